The van der Waals surface area contributed by atoms with Crippen LogP contribution < -0.4 is 4.90 Å². The lowest BCUT2D eigenvalue weighted by Gasteiger charge is -2.36. The molecule has 2 aromatic carbocycles. The number of anilines is 1. The van der Waals surface area contributed by atoms with Crippen molar-refractivity contribution < 1.29 is 9.90 Å². The molecular weight excluding hydrogens is 358 g/mol. The van der Waals surface area contributed by atoms with Gasteiger partial charge in [0, 0.05) is 43.3 Å². The number of benzene rings is 2. The second-order valence-corrected chi connectivity index (χ2v) is 7.78. The molecule has 1 N–H and O–H groups in total. The van der Waals surface area contributed by atoms with Crippen molar-refractivity contribution >= 4 is 23.4 Å². The topological polar surface area (TPSA) is 47.0 Å². The van der Waals surface area contributed by atoms with Gasteiger partial charge in [0.05, 0.1) is 6.54 Å². The molecule has 1 fully saturated rings. The summed E-state index contributed by atoms with van der Waals surface area (Å²) in [6.07, 6.45) is 2.07. The van der Waals surface area contributed by atoms with Crippen LogP contribution in [0.3, 0.4) is 0 Å². The van der Waals surface area contributed by atoms with Crippen LogP contribution in [-0.2, 0) is 11.3 Å². The molecule has 144 valence electrons. The lowest BCUT2D eigenvalue weighted by molar-refractivity contribution is -0.132. The van der Waals surface area contributed by atoms with E-state index in [0.717, 1.165) is 38.4 Å². The highest BCUT2D eigenvalue weighted by molar-refractivity contribution is 7.98. The van der Waals surface area contributed by atoms with Crippen LogP contribution in [0.1, 0.15) is 5.56 Å². The van der Waals surface area contributed by atoms with Crippen molar-refractivity contribution in [1.82, 2.24) is 9.80 Å². The van der Waals surface area contributed by atoms with Gasteiger partial charge in [0.2, 0.25) is 5.91 Å². The molecule has 27 heavy (non-hydrogen) atoms. The van der Waals surface area contributed by atoms with Gasteiger partial charge in [0.1, 0.15) is 5.75 Å². The van der Waals surface area contributed by atoms with Crippen LogP contribution in [0.25, 0.3) is 0 Å². The van der Waals surface area contributed by atoms with Crippen molar-refractivity contribution in [2.45, 2.75) is 11.4 Å². The van der Waals surface area contributed by atoms with Crippen molar-refractivity contribution in [2.75, 3.05) is 50.9 Å². The van der Waals surface area contributed by atoms with Crippen molar-refractivity contribution in [3.63, 3.8) is 0 Å². The van der Waals surface area contributed by atoms with E-state index in [1.54, 1.807) is 23.9 Å². The summed E-state index contributed by atoms with van der Waals surface area (Å²) in [5, 5.41) is 9.41. The van der Waals surface area contributed by atoms with Crippen molar-refractivity contribution in [3.8, 4) is 5.75 Å². The number of piperazine rings is 1. The van der Waals surface area contributed by atoms with Crippen LogP contribution >= 0.6 is 11.8 Å². The largest absolute Gasteiger partial charge is 0.508 e. The number of amides is 1. The van der Waals surface area contributed by atoms with E-state index in [0.29, 0.717) is 6.54 Å². The summed E-state index contributed by atoms with van der Waals surface area (Å²) < 4.78 is 0. The Kier molecular flexibility index (Phi) is 6.63. The van der Waals surface area contributed by atoms with E-state index in [-0.39, 0.29) is 11.7 Å². The third kappa shape index (κ3) is 5.40. The highest BCUT2D eigenvalue weighted by Gasteiger charge is 2.22. The summed E-state index contributed by atoms with van der Waals surface area (Å²) in [5.74, 6) is 0.460. The Labute approximate surface area is 165 Å². The Bertz CT molecular complexity index is 741. The minimum atomic E-state index is 0.184. The molecule has 0 aliphatic carbocycles. The minimum Gasteiger partial charge on any atom is -0.508 e. The smallest absolute Gasteiger partial charge is 0.236 e. The van der Waals surface area contributed by atoms with Crippen LogP contribution in [0.4, 0.5) is 5.69 Å². The third-order valence-electron chi connectivity index (χ3n) is 4.86. The monoisotopic (exact) mass is 385 g/mol. The molecule has 0 bridgehead atoms. The van der Waals surface area contributed by atoms with E-state index in [9.17, 15) is 9.90 Å². The molecule has 0 atom stereocenters. The Morgan fingerprint density at radius 1 is 1.04 bits per heavy atom. The Morgan fingerprint density at radius 2 is 1.67 bits per heavy atom. The zero-order chi connectivity index (χ0) is 19.2. The third-order valence-corrected chi connectivity index (χ3v) is 5.61. The molecule has 1 heterocycles. The number of hydrogen-bond donors (Lipinski definition) is 1. The maximum absolute atomic E-state index is 12.6. The Morgan fingerprint density at radius 3 is 2.26 bits per heavy atom. The molecule has 1 amide bonds. The van der Waals surface area contributed by atoms with Crippen molar-refractivity contribution in [3.05, 3.63) is 54.1 Å². The molecular formula is C21H27N3O2S. The lowest BCUT2D eigenvalue weighted by Crippen LogP contribution is -2.51. The van der Waals surface area contributed by atoms with Gasteiger partial charge < -0.3 is 14.9 Å². The zero-order valence-electron chi connectivity index (χ0n) is 16.0. The van der Waals surface area contributed by atoms with E-state index in [2.05, 4.69) is 40.3 Å². The molecule has 0 radical (unpaired) electrons. The number of likely N-dealkylation sites (N-methyl/N-ethyl adjacent to an activating group) is 1. The van der Waals surface area contributed by atoms with Gasteiger partial charge in [-0.2, -0.15) is 0 Å². The molecule has 0 spiro atoms. The van der Waals surface area contributed by atoms with E-state index in [4.69, 9.17) is 0 Å². The first-order valence-electron chi connectivity index (χ1n) is 9.18. The quantitative estimate of drug-likeness (QED) is 0.775. The first-order valence-corrected chi connectivity index (χ1v) is 10.4. The van der Waals surface area contributed by atoms with Gasteiger partial charge in [-0.15, -0.1) is 11.8 Å². The van der Waals surface area contributed by atoms with Gasteiger partial charge >= 0.3 is 0 Å². The number of rotatable bonds is 6. The molecule has 0 saturated carbocycles. The standard InChI is InChI=1S/C21H27N3O2S/c1-22(15-17-3-9-20(27-2)10-4-17)16-21(26)24-13-11-23(12-14-24)18-5-7-19(25)8-6-18/h3-10,25H,11-16H2,1-2H3. The molecule has 3 rings (SSSR count). The summed E-state index contributed by atoms with van der Waals surface area (Å²) in [7, 11) is 1.99. The fourth-order valence-electron chi connectivity index (χ4n) is 3.31. The van der Waals surface area contributed by atoms with Crippen LogP contribution in [-0.4, -0.2) is 66.8 Å². The lowest BCUT2D eigenvalue weighted by atomic mass is 10.2. The molecule has 6 heteroatoms. The Balaban J connectivity index is 1.46. The number of thioether (sulfide) groups is 1. The van der Waals surface area contributed by atoms with E-state index in [1.807, 2.05) is 24.1 Å². The Hall–Kier alpha value is -2.18. The van der Waals surface area contributed by atoms with E-state index in [1.165, 1.54) is 10.5 Å². The number of nitrogens with zero attached hydrogens (tertiary/aromatic N) is 3. The number of phenolic OH excluding ortho intramolecular Hbond substituents is 1. The summed E-state index contributed by atoms with van der Waals surface area (Å²) in [6.45, 7) is 4.30. The van der Waals surface area contributed by atoms with Gasteiger partial charge in [-0.3, -0.25) is 9.69 Å². The van der Waals surface area contributed by atoms with Crippen LogP contribution in [0, 0.1) is 0 Å². The molecule has 2 aromatic rings. The predicted molar refractivity (Wildman–Crippen MR) is 111 cm³/mol. The van der Waals surface area contributed by atoms with E-state index >= 15 is 0 Å². The minimum absolute atomic E-state index is 0.184. The van der Waals surface area contributed by atoms with Crippen LogP contribution in [0.2, 0.25) is 0 Å². The van der Waals surface area contributed by atoms with Crippen molar-refractivity contribution in [1.29, 1.82) is 0 Å². The summed E-state index contributed by atoms with van der Waals surface area (Å²) in [4.78, 5) is 20.1. The first-order chi connectivity index (χ1) is 13.0. The van der Waals surface area contributed by atoms with Gasteiger partial charge in [-0.05, 0) is 55.3 Å². The molecule has 0 unspecified atom stereocenters. The van der Waals surface area contributed by atoms with Gasteiger partial charge in [-0.25, -0.2) is 0 Å². The summed E-state index contributed by atoms with van der Waals surface area (Å²) in [6, 6.07) is 15.7. The van der Waals surface area contributed by atoms with Crippen molar-refractivity contribution in [2.24, 2.45) is 0 Å². The van der Waals surface area contributed by atoms with Gasteiger partial charge in [-0.1, -0.05) is 12.1 Å². The normalized spacial score (nSPS) is 14.6. The van der Waals surface area contributed by atoms with E-state index < -0.39 is 0 Å². The average molecular weight is 386 g/mol. The fraction of sp³-hybridized carbons (Fsp3) is 0.381. The van der Waals surface area contributed by atoms with Crippen LogP contribution in [0.15, 0.2) is 53.4 Å². The molecule has 5 nitrogen and oxygen atoms in total. The second-order valence-electron chi connectivity index (χ2n) is 6.90. The summed E-state index contributed by atoms with van der Waals surface area (Å²) >= 11 is 1.73. The SMILES string of the molecule is CSc1ccc(CN(C)CC(=O)N2CCN(c3ccc(O)cc3)CC2)cc1. The maximum Gasteiger partial charge on any atom is 0.236 e. The first kappa shape index (κ1) is 19.6. The molecule has 1 aliphatic heterocycles. The maximum atomic E-state index is 12.6. The van der Waals surface area contributed by atoms with Gasteiger partial charge in [0.15, 0.2) is 0 Å². The van der Waals surface area contributed by atoms with Crippen LogP contribution in [0.5, 0.6) is 5.75 Å². The number of carbonyl (C=O) groups excluding carboxylic acids is 1. The average Bonchev–Trinajstić information content (AvgIpc) is 2.69. The molecule has 1 aliphatic rings. The highest BCUT2D eigenvalue weighted by Crippen LogP contribution is 2.20. The number of hydrogen-bond acceptors (Lipinski definition) is 5. The number of carbonyl (C=O) groups is 1. The number of phenols is 1. The predicted octanol–water partition coefficient (Wildman–Crippen LogP) is 2.89. The zero-order valence-corrected chi connectivity index (χ0v) is 16.8. The fourth-order valence-corrected chi connectivity index (χ4v) is 3.72. The number of aromatic hydroxyl groups is 1. The highest BCUT2D eigenvalue weighted by atomic mass is 32.2. The molecule has 0 aromatic heterocycles. The summed E-state index contributed by atoms with van der Waals surface area (Å²) in [5.41, 5.74) is 2.31. The molecule has 1 saturated heterocycles. The van der Waals surface area contributed by atoms with Gasteiger partial charge in [0.25, 0.3) is 0 Å². The second kappa shape index (κ2) is 9.15.